The molecule has 1 heterocycles. The van der Waals surface area contributed by atoms with E-state index in [0.717, 1.165) is 18.3 Å². The summed E-state index contributed by atoms with van der Waals surface area (Å²) in [5, 5.41) is 8.98. The molecule has 3 rings (SSSR count). The van der Waals surface area contributed by atoms with Crippen LogP contribution in [0.1, 0.15) is 32.1 Å². The van der Waals surface area contributed by atoms with Crippen LogP contribution in [0.2, 0.25) is 0 Å². The van der Waals surface area contributed by atoms with E-state index in [9.17, 15) is 0 Å². The van der Waals surface area contributed by atoms with Crippen molar-refractivity contribution in [2.75, 3.05) is 6.61 Å². The fourth-order valence-corrected chi connectivity index (χ4v) is 3.27. The van der Waals surface area contributed by atoms with Crippen molar-refractivity contribution < 1.29 is 9.84 Å². The maximum atomic E-state index is 8.98. The van der Waals surface area contributed by atoms with Crippen LogP contribution >= 0.6 is 0 Å². The molecule has 3 fully saturated rings. The Labute approximate surface area is 72.9 Å². The summed E-state index contributed by atoms with van der Waals surface area (Å²) in [6.45, 7) is 0.221. The fourth-order valence-electron chi connectivity index (χ4n) is 3.27. The van der Waals surface area contributed by atoms with Gasteiger partial charge in [-0.15, -0.1) is 0 Å². The van der Waals surface area contributed by atoms with Gasteiger partial charge in [-0.1, -0.05) is 0 Å². The van der Waals surface area contributed by atoms with E-state index in [1.165, 1.54) is 25.7 Å². The lowest BCUT2D eigenvalue weighted by Gasteiger charge is -2.25. The number of ether oxygens (including phenoxy) is 1. The molecule has 3 aliphatic rings. The van der Waals surface area contributed by atoms with Gasteiger partial charge >= 0.3 is 0 Å². The predicted molar refractivity (Wildman–Crippen MR) is 44.8 cm³/mol. The second kappa shape index (κ2) is 2.24. The minimum Gasteiger partial charge on any atom is -0.394 e. The molecule has 0 radical (unpaired) electrons. The maximum Gasteiger partial charge on any atom is 0.0814 e. The fraction of sp³-hybridized carbons (Fsp3) is 1.00. The highest BCUT2D eigenvalue weighted by Crippen LogP contribution is 2.62. The molecule has 0 bridgehead atoms. The first kappa shape index (κ1) is 7.34. The van der Waals surface area contributed by atoms with Gasteiger partial charge in [-0.2, -0.15) is 0 Å². The molecular formula is C10H16O2. The van der Waals surface area contributed by atoms with Crippen molar-refractivity contribution in [2.24, 2.45) is 11.8 Å². The SMILES string of the molecule is OCC1CCC2(CCC3CC32)O1. The quantitative estimate of drug-likeness (QED) is 0.640. The maximum absolute atomic E-state index is 8.98. The van der Waals surface area contributed by atoms with Gasteiger partial charge in [0.2, 0.25) is 0 Å². The first-order valence-electron chi connectivity index (χ1n) is 5.13. The van der Waals surface area contributed by atoms with Crippen molar-refractivity contribution in [3.05, 3.63) is 0 Å². The van der Waals surface area contributed by atoms with Crippen LogP contribution in [-0.4, -0.2) is 23.4 Å². The lowest BCUT2D eigenvalue weighted by molar-refractivity contribution is -0.0676. The molecular weight excluding hydrogens is 152 g/mol. The normalized spacial score (nSPS) is 56.2. The van der Waals surface area contributed by atoms with Crippen molar-refractivity contribution in [1.82, 2.24) is 0 Å². The van der Waals surface area contributed by atoms with E-state index in [2.05, 4.69) is 0 Å². The molecule has 68 valence electrons. The third-order valence-electron chi connectivity index (χ3n) is 4.03. The Morgan fingerprint density at radius 3 is 2.67 bits per heavy atom. The molecule has 2 heteroatoms. The van der Waals surface area contributed by atoms with Crippen molar-refractivity contribution in [2.45, 2.75) is 43.8 Å². The van der Waals surface area contributed by atoms with E-state index in [4.69, 9.17) is 9.84 Å². The van der Waals surface area contributed by atoms with Gasteiger partial charge in [0.1, 0.15) is 0 Å². The van der Waals surface area contributed by atoms with E-state index in [0.29, 0.717) is 0 Å². The van der Waals surface area contributed by atoms with E-state index >= 15 is 0 Å². The Balaban J connectivity index is 1.76. The Morgan fingerprint density at radius 2 is 2.17 bits per heavy atom. The van der Waals surface area contributed by atoms with E-state index < -0.39 is 0 Å². The van der Waals surface area contributed by atoms with E-state index in [1.54, 1.807) is 0 Å². The smallest absolute Gasteiger partial charge is 0.0814 e. The van der Waals surface area contributed by atoms with Gasteiger partial charge in [-0.3, -0.25) is 0 Å². The number of hydrogen-bond donors (Lipinski definition) is 1. The highest BCUT2D eigenvalue weighted by Gasteiger charge is 2.60. The molecule has 12 heavy (non-hydrogen) atoms. The second-order valence-corrected chi connectivity index (χ2v) is 4.67. The van der Waals surface area contributed by atoms with E-state index in [1.807, 2.05) is 0 Å². The molecule has 2 saturated carbocycles. The van der Waals surface area contributed by atoms with Crippen LogP contribution in [0.25, 0.3) is 0 Å². The molecule has 0 aromatic rings. The number of hydrogen-bond acceptors (Lipinski definition) is 2. The highest BCUT2D eigenvalue weighted by atomic mass is 16.5. The Bertz CT molecular complexity index is 204. The van der Waals surface area contributed by atoms with Gasteiger partial charge < -0.3 is 9.84 Å². The average molecular weight is 168 g/mol. The largest absolute Gasteiger partial charge is 0.394 e. The van der Waals surface area contributed by atoms with Gasteiger partial charge in [0.15, 0.2) is 0 Å². The molecule has 4 atom stereocenters. The third kappa shape index (κ3) is 0.826. The molecule has 4 unspecified atom stereocenters. The number of fused-ring (bicyclic) bond motifs is 2. The summed E-state index contributed by atoms with van der Waals surface area (Å²) in [6.07, 6.45) is 6.49. The minimum absolute atomic E-state index is 0.157. The van der Waals surface area contributed by atoms with Gasteiger partial charge in [0, 0.05) is 0 Å². The predicted octanol–water partition coefficient (Wildman–Crippen LogP) is 1.33. The van der Waals surface area contributed by atoms with E-state index in [-0.39, 0.29) is 18.3 Å². The molecule has 1 N–H and O–H groups in total. The van der Waals surface area contributed by atoms with Gasteiger partial charge in [0.05, 0.1) is 18.3 Å². The number of aliphatic hydroxyl groups excluding tert-OH is 1. The summed E-state index contributed by atoms with van der Waals surface area (Å²) in [7, 11) is 0. The number of aliphatic hydroxyl groups is 1. The van der Waals surface area contributed by atoms with Gasteiger partial charge in [0.25, 0.3) is 0 Å². The van der Waals surface area contributed by atoms with Gasteiger partial charge in [-0.05, 0) is 43.9 Å². The summed E-state index contributed by atoms with van der Waals surface area (Å²) >= 11 is 0. The van der Waals surface area contributed by atoms with Crippen LogP contribution in [0, 0.1) is 11.8 Å². The molecule has 0 amide bonds. The van der Waals surface area contributed by atoms with Gasteiger partial charge in [-0.25, -0.2) is 0 Å². The minimum atomic E-state index is 0.157. The van der Waals surface area contributed by atoms with Crippen molar-refractivity contribution in [1.29, 1.82) is 0 Å². The van der Waals surface area contributed by atoms with Crippen LogP contribution in [0.4, 0.5) is 0 Å². The van der Waals surface area contributed by atoms with Crippen LogP contribution in [0.3, 0.4) is 0 Å². The third-order valence-corrected chi connectivity index (χ3v) is 4.03. The highest BCUT2D eigenvalue weighted by molar-refractivity contribution is 5.10. The van der Waals surface area contributed by atoms with Crippen molar-refractivity contribution in [3.8, 4) is 0 Å². The summed E-state index contributed by atoms with van der Waals surface area (Å²) in [5.74, 6) is 1.86. The Morgan fingerprint density at radius 1 is 1.33 bits per heavy atom. The average Bonchev–Trinajstić information content (AvgIpc) is 2.68. The lowest BCUT2D eigenvalue weighted by Crippen LogP contribution is -2.29. The van der Waals surface area contributed by atoms with Crippen LogP contribution in [-0.2, 0) is 4.74 Å². The van der Waals surface area contributed by atoms with Crippen LogP contribution in [0.5, 0.6) is 0 Å². The summed E-state index contributed by atoms with van der Waals surface area (Å²) in [6, 6.07) is 0. The summed E-state index contributed by atoms with van der Waals surface area (Å²) in [4.78, 5) is 0. The van der Waals surface area contributed by atoms with Crippen molar-refractivity contribution >= 4 is 0 Å². The molecule has 1 spiro atoms. The standard InChI is InChI=1S/C10H16O2/c11-6-8-2-4-10(12-8)3-1-7-5-9(7)10/h7-9,11H,1-6H2. The lowest BCUT2D eigenvalue weighted by atomic mass is 9.94. The molecule has 2 nitrogen and oxygen atoms in total. The summed E-state index contributed by atoms with van der Waals surface area (Å²) in [5.41, 5.74) is 0.234. The second-order valence-electron chi connectivity index (χ2n) is 4.67. The van der Waals surface area contributed by atoms with Crippen LogP contribution < -0.4 is 0 Å². The number of rotatable bonds is 1. The zero-order valence-electron chi connectivity index (χ0n) is 7.33. The first-order chi connectivity index (χ1) is 5.84. The first-order valence-corrected chi connectivity index (χ1v) is 5.13. The monoisotopic (exact) mass is 168 g/mol. The zero-order chi connectivity index (χ0) is 8.18. The molecule has 0 aromatic carbocycles. The molecule has 1 saturated heterocycles. The molecule has 0 aromatic heterocycles. The molecule has 2 aliphatic carbocycles. The zero-order valence-corrected chi connectivity index (χ0v) is 7.33. The Hall–Kier alpha value is -0.0800. The summed E-state index contributed by atoms with van der Waals surface area (Å²) < 4.78 is 5.96. The molecule has 1 aliphatic heterocycles. The Kier molecular flexibility index (Phi) is 1.37. The van der Waals surface area contributed by atoms with Crippen molar-refractivity contribution in [3.63, 3.8) is 0 Å². The van der Waals surface area contributed by atoms with Crippen LogP contribution in [0.15, 0.2) is 0 Å². The topological polar surface area (TPSA) is 29.5 Å².